The average molecular weight is 271 g/mol. The topological polar surface area (TPSA) is 54.2 Å². The van der Waals surface area contributed by atoms with Crippen LogP contribution >= 0.6 is 0 Å². The van der Waals surface area contributed by atoms with Gasteiger partial charge in [-0.25, -0.2) is 0 Å². The van der Waals surface area contributed by atoms with Crippen molar-refractivity contribution < 1.29 is 0 Å². The summed E-state index contributed by atoms with van der Waals surface area (Å²) in [5.74, 6) is 0.792. The van der Waals surface area contributed by atoms with Crippen LogP contribution in [-0.2, 0) is 13.1 Å². The van der Waals surface area contributed by atoms with Gasteiger partial charge in [0.2, 0.25) is 0 Å². The van der Waals surface area contributed by atoms with Crippen LogP contribution in [0.3, 0.4) is 0 Å². The smallest absolute Gasteiger partial charge is 0.191 e. The van der Waals surface area contributed by atoms with Gasteiger partial charge in [-0.15, -0.1) is 0 Å². The van der Waals surface area contributed by atoms with Gasteiger partial charge in [0.05, 0.1) is 12.2 Å². The van der Waals surface area contributed by atoms with Crippen molar-refractivity contribution >= 4 is 5.96 Å². The monoisotopic (exact) mass is 271 g/mol. The number of aliphatic imine (C=N–C) groups is 1. The molecule has 0 atom stereocenters. The molecular formula is C15H21N5. The van der Waals surface area contributed by atoms with Crippen LogP contribution in [0.25, 0.3) is 0 Å². The van der Waals surface area contributed by atoms with Gasteiger partial charge in [0, 0.05) is 38.2 Å². The van der Waals surface area contributed by atoms with E-state index in [0.29, 0.717) is 6.54 Å². The van der Waals surface area contributed by atoms with Crippen LogP contribution in [0.5, 0.6) is 0 Å². The van der Waals surface area contributed by atoms with Crippen LogP contribution in [-0.4, -0.2) is 29.1 Å². The molecule has 20 heavy (non-hydrogen) atoms. The molecule has 0 amide bonds. The van der Waals surface area contributed by atoms with Crippen LogP contribution < -0.4 is 10.6 Å². The van der Waals surface area contributed by atoms with Crippen molar-refractivity contribution in [3.8, 4) is 0 Å². The molecule has 0 aromatic carbocycles. The quantitative estimate of drug-likeness (QED) is 0.641. The molecular weight excluding hydrogens is 250 g/mol. The van der Waals surface area contributed by atoms with Crippen molar-refractivity contribution in [2.45, 2.75) is 20.0 Å². The molecule has 0 aliphatic heterocycles. The third-order valence-electron chi connectivity index (χ3n) is 2.94. The van der Waals surface area contributed by atoms with Gasteiger partial charge >= 0.3 is 0 Å². The van der Waals surface area contributed by atoms with Crippen molar-refractivity contribution in [3.63, 3.8) is 0 Å². The van der Waals surface area contributed by atoms with Crippen LogP contribution in [0.1, 0.15) is 11.4 Å². The molecule has 2 heterocycles. The molecule has 106 valence electrons. The second-order valence-corrected chi connectivity index (χ2v) is 4.54. The Balaban J connectivity index is 1.75. The number of hydrogen-bond acceptors (Lipinski definition) is 2. The Hall–Kier alpha value is -2.30. The van der Waals surface area contributed by atoms with Gasteiger partial charge in [0.25, 0.3) is 0 Å². The first kappa shape index (κ1) is 14.1. The Morgan fingerprint density at radius 1 is 1.20 bits per heavy atom. The predicted octanol–water partition coefficient (Wildman–Crippen LogP) is 1.56. The first-order chi connectivity index (χ1) is 9.78. The molecule has 2 rings (SSSR count). The minimum atomic E-state index is 0.672. The van der Waals surface area contributed by atoms with E-state index < -0.39 is 0 Å². The lowest BCUT2D eigenvalue weighted by Crippen LogP contribution is -2.38. The molecule has 0 saturated heterocycles. The largest absolute Gasteiger partial charge is 0.355 e. The fourth-order valence-corrected chi connectivity index (χ4v) is 1.92. The molecule has 2 N–H and O–H groups in total. The minimum Gasteiger partial charge on any atom is -0.355 e. The molecule has 0 unspecified atom stereocenters. The zero-order valence-corrected chi connectivity index (χ0v) is 12.0. The summed E-state index contributed by atoms with van der Waals surface area (Å²) in [4.78, 5) is 8.65. The Kier molecular flexibility index (Phi) is 5.17. The number of rotatable bonds is 5. The molecule has 0 bridgehead atoms. The van der Waals surface area contributed by atoms with E-state index in [-0.39, 0.29) is 0 Å². The average Bonchev–Trinajstić information content (AvgIpc) is 2.96. The van der Waals surface area contributed by atoms with E-state index in [4.69, 9.17) is 0 Å². The van der Waals surface area contributed by atoms with Gasteiger partial charge in [-0.05, 0) is 31.2 Å². The van der Waals surface area contributed by atoms with Gasteiger partial charge in [-0.3, -0.25) is 9.98 Å². The van der Waals surface area contributed by atoms with E-state index in [1.165, 1.54) is 0 Å². The molecule has 5 nitrogen and oxygen atoms in total. The highest BCUT2D eigenvalue weighted by Crippen LogP contribution is 1.97. The van der Waals surface area contributed by atoms with E-state index >= 15 is 0 Å². The maximum Gasteiger partial charge on any atom is 0.191 e. The standard InChI is InChI=1S/C15H21N5/c1-13-6-5-7-14(19-13)12-18-15(16-2)17-8-11-20-9-3-4-10-20/h3-7,9-10H,8,11-12H2,1-2H3,(H2,16,17,18). The lowest BCUT2D eigenvalue weighted by Gasteiger charge is -2.12. The van der Waals surface area contributed by atoms with Gasteiger partial charge in [-0.1, -0.05) is 6.07 Å². The third kappa shape index (κ3) is 4.42. The summed E-state index contributed by atoms with van der Waals surface area (Å²) in [6, 6.07) is 10.1. The summed E-state index contributed by atoms with van der Waals surface area (Å²) >= 11 is 0. The highest BCUT2D eigenvalue weighted by Gasteiger charge is 1.99. The van der Waals surface area contributed by atoms with Crippen molar-refractivity contribution in [3.05, 3.63) is 54.1 Å². The van der Waals surface area contributed by atoms with Gasteiger partial charge < -0.3 is 15.2 Å². The Morgan fingerprint density at radius 2 is 2.00 bits per heavy atom. The van der Waals surface area contributed by atoms with Crippen LogP contribution in [0.2, 0.25) is 0 Å². The highest BCUT2D eigenvalue weighted by molar-refractivity contribution is 5.79. The van der Waals surface area contributed by atoms with Crippen LogP contribution in [0.4, 0.5) is 0 Å². The second-order valence-electron chi connectivity index (χ2n) is 4.54. The molecule has 0 radical (unpaired) electrons. The zero-order chi connectivity index (χ0) is 14.2. The van der Waals surface area contributed by atoms with Gasteiger partial charge in [0.15, 0.2) is 5.96 Å². The van der Waals surface area contributed by atoms with E-state index in [1.54, 1.807) is 7.05 Å². The second kappa shape index (κ2) is 7.33. The van der Waals surface area contributed by atoms with Gasteiger partial charge in [0.1, 0.15) is 0 Å². The maximum absolute atomic E-state index is 4.45. The fraction of sp³-hybridized carbons (Fsp3) is 0.333. The third-order valence-corrected chi connectivity index (χ3v) is 2.94. The van der Waals surface area contributed by atoms with E-state index in [1.807, 2.05) is 37.3 Å². The Bertz CT molecular complexity index is 545. The lowest BCUT2D eigenvalue weighted by atomic mass is 10.3. The normalized spacial score (nSPS) is 11.4. The molecule has 2 aromatic rings. The number of hydrogen-bond donors (Lipinski definition) is 2. The zero-order valence-electron chi connectivity index (χ0n) is 12.0. The summed E-state index contributed by atoms with van der Waals surface area (Å²) in [6.45, 7) is 4.41. The lowest BCUT2D eigenvalue weighted by molar-refractivity contribution is 0.664. The summed E-state index contributed by atoms with van der Waals surface area (Å²) in [5.41, 5.74) is 2.04. The molecule has 2 aromatic heterocycles. The van der Waals surface area contributed by atoms with E-state index in [2.05, 4.69) is 37.6 Å². The molecule has 5 heteroatoms. The predicted molar refractivity (Wildman–Crippen MR) is 81.6 cm³/mol. The molecule has 0 spiro atoms. The maximum atomic E-state index is 4.45. The molecule has 0 saturated carbocycles. The summed E-state index contributed by atoms with van der Waals surface area (Å²) in [5, 5.41) is 6.54. The summed E-state index contributed by atoms with van der Waals surface area (Å²) in [7, 11) is 1.77. The van der Waals surface area contributed by atoms with Gasteiger partial charge in [-0.2, -0.15) is 0 Å². The SMILES string of the molecule is CN=C(NCCn1cccc1)NCc1cccc(C)n1. The summed E-state index contributed by atoms with van der Waals surface area (Å²) < 4.78 is 2.13. The van der Waals surface area contributed by atoms with Crippen molar-refractivity contribution in [2.24, 2.45) is 4.99 Å². The van der Waals surface area contributed by atoms with E-state index in [9.17, 15) is 0 Å². The van der Waals surface area contributed by atoms with Crippen molar-refractivity contribution in [2.75, 3.05) is 13.6 Å². The van der Waals surface area contributed by atoms with E-state index in [0.717, 1.165) is 30.4 Å². The molecule has 0 aliphatic rings. The molecule has 0 fully saturated rings. The van der Waals surface area contributed by atoms with Crippen LogP contribution in [0.15, 0.2) is 47.7 Å². The molecule has 0 aliphatic carbocycles. The number of guanidine groups is 1. The first-order valence-corrected chi connectivity index (χ1v) is 6.76. The van der Waals surface area contributed by atoms with Crippen molar-refractivity contribution in [1.29, 1.82) is 0 Å². The summed E-state index contributed by atoms with van der Waals surface area (Å²) in [6.07, 6.45) is 4.10. The number of aromatic nitrogens is 2. The highest BCUT2D eigenvalue weighted by atomic mass is 15.2. The fourth-order valence-electron chi connectivity index (χ4n) is 1.92. The number of aryl methyl sites for hydroxylation is 1. The number of pyridine rings is 1. The Morgan fingerprint density at radius 3 is 2.70 bits per heavy atom. The van der Waals surface area contributed by atoms with Crippen LogP contribution in [0, 0.1) is 6.92 Å². The number of nitrogens with zero attached hydrogens (tertiary/aromatic N) is 3. The first-order valence-electron chi connectivity index (χ1n) is 6.76. The number of nitrogens with one attached hydrogen (secondary N) is 2. The van der Waals surface area contributed by atoms with Crippen molar-refractivity contribution in [1.82, 2.24) is 20.2 Å². The minimum absolute atomic E-state index is 0.672. The Labute approximate surface area is 119 Å².